The molecule has 2 aromatic rings. The number of amides is 2. The Hall–Kier alpha value is -3.06. The van der Waals surface area contributed by atoms with E-state index in [4.69, 9.17) is 9.47 Å². The second-order valence-electron chi connectivity index (χ2n) is 8.96. The van der Waals surface area contributed by atoms with Crippen molar-refractivity contribution in [1.82, 2.24) is 15.1 Å². The van der Waals surface area contributed by atoms with Gasteiger partial charge in [0.25, 0.3) is 5.91 Å². The van der Waals surface area contributed by atoms with E-state index in [0.717, 1.165) is 37.6 Å². The first-order valence-electron chi connectivity index (χ1n) is 12.1. The van der Waals surface area contributed by atoms with Gasteiger partial charge in [0, 0.05) is 38.3 Å². The average molecular weight is 468 g/mol. The van der Waals surface area contributed by atoms with Gasteiger partial charge in [-0.25, -0.2) is 0 Å². The summed E-state index contributed by atoms with van der Waals surface area (Å²) >= 11 is 0. The maximum absolute atomic E-state index is 13.4. The third kappa shape index (κ3) is 6.97. The van der Waals surface area contributed by atoms with Crippen molar-refractivity contribution < 1.29 is 19.1 Å². The van der Waals surface area contributed by atoms with Gasteiger partial charge in [0.2, 0.25) is 5.91 Å². The van der Waals surface area contributed by atoms with Crippen LogP contribution in [-0.4, -0.2) is 67.6 Å². The van der Waals surface area contributed by atoms with Crippen molar-refractivity contribution in [3.05, 3.63) is 59.7 Å². The maximum Gasteiger partial charge on any atom is 0.251 e. The fraction of sp³-hybridized carbons (Fsp3) is 0.481. The molecule has 1 atom stereocenters. The first kappa shape index (κ1) is 25.6. The summed E-state index contributed by atoms with van der Waals surface area (Å²) in [4.78, 5) is 30.5. The summed E-state index contributed by atoms with van der Waals surface area (Å²) in [5, 5.41) is 2.97. The minimum Gasteiger partial charge on any atom is -0.497 e. The number of benzene rings is 2. The van der Waals surface area contributed by atoms with Gasteiger partial charge in [0.05, 0.1) is 13.7 Å². The van der Waals surface area contributed by atoms with Crippen molar-refractivity contribution >= 4 is 11.8 Å². The summed E-state index contributed by atoms with van der Waals surface area (Å²) in [7, 11) is 1.67. The van der Waals surface area contributed by atoms with Crippen LogP contribution in [0.1, 0.15) is 43.1 Å². The van der Waals surface area contributed by atoms with Gasteiger partial charge in [0.1, 0.15) is 17.5 Å². The zero-order valence-corrected chi connectivity index (χ0v) is 20.8. The number of carbonyl (C=O) groups excluding carboxylic acids is 2. The zero-order chi connectivity index (χ0) is 24.5. The van der Waals surface area contributed by atoms with Crippen LogP contribution in [-0.2, 0) is 11.3 Å². The zero-order valence-electron chi connectivity index (χ0n) is 20.8. The lowest BCUT2D eigenvalue weighted by atomic mass is 10.0. The summed E-state index contributed by atoms with van der Waals surface area (Å²) in [6, 6.07) is 14.6. The Morgan fingerprint density at radius 3 is 2.24 bits per heavy atom. The molecule has 1 N–H and O–H groups in total. The molecule has 0 aromatic heterocycles. The second-order valence-corrected chi connectivity index (χ2v) is 8.96. The lowest BCUT2D eigenvalue weighted by molar-refractivity contribution is -0.134. The molecule has 1 heterocycles. The summed E-state index contributed by atoms with van der Waals surface area (Å²) in [5.74, 6) is 1.30. The van der Waals surface area contributed by atoms with Crippen molar-refractivity contribution in [2.45, 2.75) is 39.8 Å². The number of carbonyl (C=O) groups is 2. The van der Waals surface area contributed by atoms with Crippen molar-refractivity contribution in [1.29, 1.82) is 0 Å². The maximum atomic E-state index is 13.4. The fourth-order valence-corrected chi connectivity index (χ4v) is 4.14. The van der Waals surface area contributed by atoms with Gasteiger partial charge in [0.15, 0.2) is 0 Å². The molecule has 7 nitrogen and oxygen atoms in total. The summed E-state index contributed by atoms with van der Waals surface area (Å²) in [6.45, 7) is 10.3. The molecule has 1 aliphatic rings. The number of nitrogens with one attached hydrogen (secondary N) is 1. The van der Waals surface area contributed by atoms with E-state index in [9.17, 15) is 9.59 Å². The van der Waals surface area contributed by atoms with Crippen molar-refractivity contribution in [3.8, 4) is 11.5 Å². The molecule has 2 amide bonds. The predicted octanol–water partition coefficient (Wildman–Crippen LogP) is 3.58. The molecule has 0 bridgehead atoms. The number of ether oxygens (including phenoxy) is 2. The number of hydrogen-bond acceptors (Lipinski definition) is 5. The van der Waals surface area contributed by atoms with Gasteiger partial charge in [-0.1, -0.05) is 26.0 Å². The van der Waals surface area contributed by atoms with Crippen LogP contribution in [0, 0.1) is 5.92 Å². The molecule has 1 saturated heterocycles. The van der Waals surface area contributed by atoms with E-state index in [1.54, 1.807) is 31.4 Å². The van der Waals surface area contributed by atoms with E-state index in [1.165, 1.54) is 5.56 Å². The third-order valence-corrected chi connectivity index (χ3v) is 6.11. The van der Waals surface area contributed by atoms with E-state index >= 15 is 0 Å². The molecule has 1 aliphatic heterocycles. The van der Waals surface area contributed by atoms with E-state index < -0.39 is 6.04 Å². The highest BCUT2D eigenvalue weighted by molar-refractivity contribution is 5.97. The largest absolute Gasteiger partial charge is 0.497 e. The van der Waals surface area contributed by atoms with Crippen molar-refractivity contribution in [2.75, 3.05) is 39.9 Å². The van der Waals surface area contributed by atoms with Crippen LogP contribution < -0.4 is 14.8 Å². The van der Waals surface area contributed by atoms with Gasteiger partial charge in [-0.05, 0) is 61.2 Å². The van der Waals surface area contributed by atoms with Gasteiger partial charge >= 0.3 is 0 Å². The molecule has 184 valence electrons. The monoisotopic (exact) mass is 467 g/mol. The first-order chi connectivity index (χ1) is 16.4. The number of methoxy groups -OCH3 is 1. The first-order valence-corrected chi connectivity index (χ1v) is 12.1. The van der Waals surface area contributed by atoms with Gasteiger partial charge < -0.3 is 19.7 Å². The molecular weight excluding hydrogens is 430 g/mol. The van der Waals surface area contributed by atoms with Crippen LogP contribution in [0.2, 0.25) is 0 Å². The topological polar surface area (TPSA) is 71.1 Å². The van der Waals surface area contributed by atoms with E-state index in [2.05, 4.69) is 22.3 Å². The fourth-order valence-electron chi connectivity index (χ4n) is 4.14. The SMILES string of the molecule is CCOc1ccc(C(=O)N[C@H](C(=O)N2CCCN(Cc3ccc(OC)cc3)CC2)C(C)C)cc1. The molecule has 7 heteroatoms. The molecule has 0 radical (unpaired) electrons. The lowest BCUT2D eigenvalue weighted by Gasteiger charge is -2.29. The standard InChI is InChI=1S/C27H37N3O4/c1-5-34-24-13-9-22(10-14-24)26(31)28-25(20(2)3)27(32)30-16-6-15-29(17-18-30)19-21-7-11-23(33-4)12-8-21/h7-14,20,25H,5-6,15-19H2,1-4H3,(H,28,31)/t25-/m0/s1. The van der Waals surface area contributed by atoms with Crippen molar-refractivity contribution in [3.63, 3.8) is 0 Å². The molecule has 2 aromatic carbocycles. The van der Waals surface area contributed by atoms with Crippen LogP contribution in [0.15, 0.2) is 48.5 Å². The lowest BCUT2D eigenvalue weighted by Crippen LogP contribution is -2.52. The highest BCUT2D eigenvalue weighted by Gasteiger charge is 2.30. The van der Waals surface area contributed by atoms with Gasteiger partial charge in [-0.15, -0.1) is 0 Å². The molecule has 3 rings (SSSR count). The van der Waals surface area contributed by atoms with Gasteiger partial charge in [-0.3, -0.25) is 14.5 Å². The molecule has 0 unspecified atom stereocenters. The minimum absolute atomic E-state index is 0.0133. The molecule has 0 aliphatic carbocycles. The molecule has 34 heavy (non-hydrogen) atoms. The van der Waals surface area contributed by atoms with Crippen LogP contribution >= 0.6 is 0 Å². The Morgan fingerprint density at radius 1 is 0.941 bits per heavy atom. The van der Waals surface area contributed by atoms with Crippen molar-refractivity contribution in [2.24, 2.45) is 5.92 Å². The smallest absolute Gasteiger partial charge is 0.251 e. The molecule has 0 saturated carbocycles. The number of hydrogen-bond donors (Lipinski definition) is 1. The molecule has 1 fully saturated rings. The van der Waals surface area contributed by atoms with E-state index in [1.807, 2.05) is 37.8 Å². The summed E-state index contributed by atoms with van der Waals surface area (Å²) < 4.78 is 10.7. The average Bonchev–Trinajstić information content (AvgIpc) is 3.08. The van der Waals surface area contributed by atoms with Gasteiger partial charge in [-0.2, -0.15) is 0 Å². The highest BCUT2D eigenvalue weighted by Crippen LogP contribution is 2.17. The Morgan fingerprint density at radius 2 is 1.62 bits per heavy atom. The van der Waals surface area contributed by atoms with Crippen LogP contribution in [0.3, 0.4) is 0 Å². The highest BCUT2D eigenvalue weighted by atomic mass is 16.5. The second kappa shape index (κ2) is 12.4. The summed E-state index contributed by atoms with van der Waals surface area (Å²) in [6.07, 6.45) is 0.902. The van der Waals surface area contributed by atoms with Crippen LogP contribution in [0.4, 0.5) is 0 Å². The Bertz CT molecular complexity index is 928. The third-order valence-electron chi connectivity index (χ3n) is 6.11. The summed E-state index contributed by atoms with van der Waals surface area (Å²) in [5.41, 5.74) is 1.74. The number of rotatable bonds is 9. The van der Waals surface area contributed by atoms with E-state index in [-0.39, 0.29) is 17.7 Å². The normalized spacial score (nSPS) is 15.5. The molecular formula is C27H37N3O4. The Balaban J connectivity index is 1.58. The van der Waals surface area contributed by atoms with Crippen LogP contribution in [0.25, 0.3) is 0 Å². The Kier molecular flexibility index (Phi) is 9.33. The van der Waals surface area contributed by atoms with Crippen LogP contribution in [0.5, 0.6) is 11.5 Å². The predicted molar refractivity (Wildman–Crippen MR) is 133 cm³/mol. The molecule has 0 spiro atoms. The number of nitrogens with zero attached hydrogens (tertiary/aromatic N) is 2. The van der Waals surface area contributed by atoms with E-state index in [0.29, 0.717) is 25.3 Å². The Labute approximate surface area is 203 Å². The quantitative estimate of drug-likeness (QED) is 0.610. The minimum atomic E-state index is -0.563.